The molecule has 0 unspecified atom stereocenters. The van der Waals surface area contributed by atoms with Crippen molar-refractivity contribution in [1.82, 2.24) is 14.8 Å². The van der Waals surface area contributed by atoms with E-state index in [1.165, 1.54) is 17.3 Å². The van der Waals surface area contributed by atoms with Crippen LogP contribution in [0.4, 0.5) is 5.69 Å². The number of aryl methyl sites for hydroxylation is 1. The van der Waals surface area contributed by atoms with Gasteiger partial charge >= 0.3 is 0 Å². The molecule has 0 radical (unpaired) electrons. The molecule has 6 nitrogen and oxygen atoms in total. The van der Waals surface area contributed by atoms with E-state index in [4.69, 9.17) is 4.74 Å². The zero-order valence-electron chi connectivity index (χ0n) is 16.7. The van der Waals surface area contributed by atoms with E-state index in [2.05, 4.69) is 22.8 Å². The van der Waals surface area contributed by atoms with Crippen LogP contribution in [0, 0.1) is 0 Å². The number of allylic oxidation sites excluding steroid dienone is 1. The summed E-state index contributed by atoms with van der Waals surface area (Å²) in [6, 6.07) is 17.7. The molecule has 0 saturated heterocycles. The number of hydrogen-bond donors (Lipinski definition) is 0. The number of amides is 1. The van der Waals surface area contributed by atoms with Crippen LogP contribution in [0.3, 0.4) is 0 Å². The molecule has 0 atom stereocenters. The van der Waals surface area contributed by atoms with Crippen molar-refractivity contribution in [2.24, 2.45) is 0 Å². The highest BCUT2D eigenvalue weighted by atomic mass is 32.2. The topological polar surface area (TPSA) is 60.2 Å². The molecule has 1 aromatic heterocycles. The van der Waals surface area contributed by atoms with Gasteiger partial charge in [-0.2, -0.15) is 0 Å². The van der Waals surface area contributed by atoms with Crippen LogP contribution >= 0.6 is 11.8 Å². The summed E-state index contributed by atoms with van der Waals surface area (Å²) in [4.78, 5) is 14.8. The van der Waals surface area contributed by atoms with Gasteiger partial charge in [-0.25, -0.2) is 0 Å². The smallest absolute Gasteiger partial charge is 0.237 e. The summed E-state index contributed by atoms with van der Waals surface area (Å²) in [6.45, 7) is 5.45. The summed E-state index contributed by atoms with van der Waals surface area (Å²) in [7, 11) is 0. The minimum absolute atomic E-state index is 0.0855. The fourth-order valence-corrected chi connectivity index (χ4v) is 4.35. The van der Waals surface area contributed by atoms with Gasteiger partial charge in [-0.1, -0.05) is 54.2 Å². The van der Waals surface area contributed by atoms with Crippen molar-refractivity contribution in [2.45, 2.75) is 31.1 Å². The summed E-state index contributed by atoms with van der Waals surface area (Å²) in [5, 5.41) is 9.25. The molecular formula is C23H24N4O2S. The number of fused-ring (bicyclic) bond motifs is 1. The van der Waals surface area contributed by atoms with Gasteiger partial charge in [0.05, 0.1) is 5.75 Å². The zero-order valence-corrected chi connectivity index (χ0v) is 17.6. The van der Waals surface area contributed by atoms with E-state index >= 15 is 0 Å². The third-order valence-corrected chi connectivity index (χ3v) is 5.90. The Kier molecular flexibility index (Phi) is 6.49. The first kappa shape index (κ1) is 20.2. The number of ether oxygens (including phenoxy) is 1. The first-order valence-corrected chi connectivity index (χ1v) is 11.0. The Morgan fingerprint density at radius 3 is 2.77 bits per heavy atom. The zero-order chi connectivity index (χ0) is 20.8. The summed E-state index contributed by atoms with van der Waals surface area (Å²) in [6.07, 6.45) is 3.80. The van der Waals surface area contributed by atoms with E-state index in [1.807, 2.05) is 58.0 Å². The van der Waals surface area contributed by atoms with Crippen LogP contribution in [0.5, 0.6) is 5.75 Å². The number of hydrogen-bond acceptors (Lipinski definition) is 5. The van der Waals surface area contributed by atoms with Gasteiger partial charge in [-0.3, -0.25) is 9.36 Å². The lowest BCUT2D eigenvalue weighted by molar-refractivity contribution is -0.116. The lowest BCUT2D eigenvalue weighted by Crippen LogP contribution is -2.36. The molecule has 1 aliphatic heterocycles. The van der Waals surface area contributed by atoms with Crippen LogP contribution in [0.25, 0.3) is 0 Å². The molecule has 2 aromatic carbocycles. The Balaban J connectivity index is 1.42. The van der Waals surface area contributed by atoms with Gasteiger partial charge in [-0.05, 0) is 36.6 Å². The Morgan fingerprint density at radius 1 is 1.13 bits per heavy atom. The molecule has 0 bridgehead atoms. The molecule has 0 N–H and O–H groups in total. The van der Waals surface area contributed by atoms with E-state index in [-0.39, 0.29) is 5.91 Å². The number of carbonyl (C=O) groups is 1. The summed E-state index contributed by atoms with van der Waals surface area (Å²) in [5.74, 6) is 1.88. The molecule has 0 aliphatic carbocycles. The van der Waals surface area contributed by atoms with Gasteiger partial charge in [0, 0.05) is 18.8 Å². The molecule has 2 heterocycles. The quantitative estimate of drug-likeness (QED) is 0.405. The molecule has 0 saturated carbocycles. The highest BCUT2D eigenvalue weighted by Crippen LogP contribution is 2.28. The molecule has 0 spiro atoms. The van der Waals surface area contributed by atoms with E-state index in [1.54, 1.807) is 6.08 Å². The van der Waals surface area contributed by atoms with Gasteiger partial charge < -0.3 is 9.64 Å². The lowest BCUT2D eigenvalue weighted by atomic mass is 10.0. The Labute approximate surface area is 180 Å². The van der Waals surface area contributed by atoms with Crippen LogP contribution < -0.4 is 9.64 Å². The Morgan fingerprint density at radius 2 is 1.93 bits per heavy atom. The summed E-state index contributed by atoms with van der Waals surface area (Å²) in [5.41, 5.74) is 2.26. The maximum absolute atomic E-state index is 12.9. The van der Waals surface area contributed by atoms with Crippen LogP contribution in [0.15, 0.2) is 72.4 Å². The first-order chi connectivity index (χ1) is 14.8. The molecule has 0 fully saturated rings. The SMILES string of the molecule is C=CCn1c(COc2ccccc2)nnc1SCC(=O)N1CCCc2ccccc21. The maximum Gasteiger partial charge on any atom is 0.237 e. The standard InChI is InChI=1S/C23H24N4O2S/c1-2-14-27-21(16-29-19-11-4-3-5-12-19)24-25-23(27)30-17-22(28)26-15-8-10-18-9-6-7-13-20(18)26/h2-7,9,11-13H,1,8,10,14-17H2. The molecule has 3 aromatic rings. The van der Waals surface area contributed by atoms with Crippen LogP contribution in [0.1, 0.15) is 17.8 Å². The van der Waals surface area contributed by atoms with E-state index in [0.29, 0.717) is 29.9 Å². The van der Waals surface area contributed by atoms with Crippen LogP contribution in [-0.2, 0) is 24.4 Å². The molecule has 4 rings (SSSR count). The third-order valence-electron chi connectivity index (χ3n) is 4.95. The van der Waals surface area contributed by atoms with Gasteiger partial charge in [-0.15, -0.1) is 16.8 Å². The summed E-state index contributed by atoms with van der Waals surface area (Å²) >= 11 is 1.40. The largest absolute Gasteiger partial charge is 0.486 e. The second-order valence-electron chi connectivity index (χ2n) is 6.97. The van der Waals surface area contributed by atoms with Crippen molar-refractivity contribution in [1.29, 1.82) is 0 Å². The Bertz CT molecular complexity index is 1020. The molecule has 1 aliphatic rings. The van der Waals surface area contributed by atoms with Crippen molar-refractivity contribution < 1.29 is 9.53 Å². The second kappa shape index (κ2) is 9.63. The van der Waals surface area contributed by atoms with Gasteiger partial charge in [0.1, 0.15) is 12.4 Å². The predicted octanol–water partition coefficient (Wildman–Crippen LogP) is 4.11. The van der Waals surface area contributed by atoms with Gasteiger partial charge in [0.2, 0.25) is 5.91 Å². The highest BCUT2D eigenvalue weighted by molar-refractivity contribution is 7.99. The molecule has 7 heteroatoms. The predicted molar refractivity (Wildman–Crippen MR) is 119 cm³/mol. The number of aromatic nitrogens is 3. The molecule has 154 valence electrons. The van der Waals surface area contributed by atoms with Crippen LogP contribution in [0.2, 0.25) is 0 Å². The van der Waals surface area contributed by atoms with Gasteiger partial charge in [0.25, 0.3) is 0 Å². The molecular weight excluding hydrogens is 396 g/mol. The number of benzene rings is 2. The van der Waals surface area contributed by atoms with Gasteiger partial charge in [0.15, 0.2) is 11.0 Å². The monoisotopic (exact) mass is 420 g/mol. The number of nitrogens with zero attached hydrogens (tertiary/aromatic N) is 4. The van der Waals surface area contributed by atoms with Crippen molar-refractivity contribution in [3.63, 3.8) is 0 Å². The summed E-state index contributed by atoms with van der Waals surface area (Å²) < 4.78 is 7.75. The van der Waals surface area contributed by atoms with E-state index in [0.717, 1.165) is 30.8 Å². The average molecular weight is 421 g/mol. The Hall–Kier alpha value is -3.06. The van der Waals surface area contributed by atoms with Crippen molar-refractivity contribution in [3.05, 3.63) is 78.6 Å². The fraction of sp³-hybridized carbons (Fsp3) is 0.261. The lowest BCUT2D eigenvalue weighted by Gasteiger charge is -2.29. The third kappa shape index (κ3) is 4.57. The fourth-order valence-electron chi connectivity index (χ4n) is 3.51. The van der Waals surface area contributed by atoms with E-state index < -0.39 is 0 Å². The number of rotatable bonds is 8. The number of carbonyl (C=O) groups excluding carboxylic acids is 1. The average Bonchev–Trinajstić information content (AvgIpc) is 3.18. The minimum atomic E-state index is 0.0855. The van der Waals surface area contributed by atoms with E-state index in [9.17, 15) is 4.79 Å². The number of anilines is 1. The van der Waals surface area contributed by atoms with Crippen LogP contribution in [-0.4, -0.2) is 33.0 Å². The van der Waals surface area contributed by atoms with Crippen molar-refractivity contribution >= 4 is 23.4 Å². The molecule has 30 heavy (non-hydrogen) atoms. The normalized spacial score (nSPS) is 13.0. The number of para-hydroxylation sites is 2. The van der Waals surface area contributed by atoms with Crippen molar-refractivity contribution in [3.8, 4) is 5.75 Å². The first-order valence-electron chi connectivity index (χ1n) is 9.98. The molecule has 1 amide bonds. The number of thioether (sulfide) groups is 1. The minimum Gasteiger partial charge on any atom is -0.486 e. The highest BCUT2D eigenvalue weighted by Gasteiger charge is 2.23. The van der Waals surface area contributed by atoms with Crippen molar-refractivity contribution in [2.75, 3.05) is 17.2 Å². The maximum atomic E-state index is 12.9. The second-order valence-corrected chi connectivity index (χ2v) is 7.91.